The maximum atomic E-state index is 12.3. The van der Waals surface area contributed by atoms with Crippen LogP contribution in [0.15, 0.2) is 24.3 Å². The molecule has 156 valence electrons. The van der Waals surface area contributed by atoms with E-state index in [2.05, 4.69) is 22.9 Å². The largest absolute Gasteiger partial charge is 0.381 e. The van der Waals surface area contributed by atoms with Crippen LogP contribution in [-0.2, 0) is 9.53 Å². The predicted octanol–water partition coefficient (Wildman–Crippen LogP) is 2.98. The van der Waals surface area contributed by atoms with Crippen LogP contribution in [0, 0.1) is 11.8 Å². The number of hydrogen-bond donors (Lipinski definition) is 3. The normalized spacial score (nSPS) is 19.3. The molecule has 3 rings (SSSR count). The predicted molar refractivity (Wildman–Crippen MR) is 113 cm³/mol. The Morgan fingerprint density at radius 2 is 1.75 bits per heavy atom. The summed E-state index contributed by atoms with van der Waals surface area (Å²) in [6.07, 6.45) is 4.54. The van der Waals surface area contributed by atoms with Crippen LogP contribution in [0.25, 0.3) is 0 Å². The van der Waals surface area contributed by atoms with E-state index in [0.29, 0.717) is 37.0 Å². The van der Waals surface area contributed by atoms with Gasteiger partial charge in [-0.2, -0.15) is 0 Å². The van der Waals surface area contributed by atoms with Crippen LogP contribution >= 0.6 is 12.4 Å². The molecule has 7 heteroatoms. The van der Waals surface area contributed by atoms with E-state index in [1.807, 2.05) is 0 Å². The van der Waals surface area contributed by atoms with Crippen LogP contribution in [-0.4, -0.2) is 44.2 Å². The minimum atomic E-state index is -0.0701. The smallest absolute Gasteiger partial charge is 0.251 e. The van der Waals surface area contributed by atoms with Crippen LogP contribution in [0.1, 0.15) is 49.4 Å². The summed E-state index contributed by atoms with van der Waals surface area (Å²) in [5, 5.41) is 9.37. The van der Waals surface area contributed by atoms with Crippen molar-refractivity contribution in [3.63, 3.8) is 0 Å². The fourth-order valence-corrected chi connectivity index (χ4v) is 3.90. The number of nitrogens with one attached hydrogen (secondary N) is 3. The highest BCUT2D eigenvalue weighted by Crippen LogP contribution is 2.24. The summed E-state index contributed by atoms with van der Waals surface area (Å²) < 4.78 is 5.31. The molecule has 2 aliphatic heterocycles. The van der Waals surface area contributed by atoms with Crippen molar-refractivity contribution in [3.05, 3.63) is 29.8 Å². The molecule has 6 nitrogen and oxygen atoms in total. The molecular weight excluding hydrogens is 378 g/mol. The number of anilines is 1. The second-order valence-electron chi connectivity index (χ2n) is 7.75. The molecule has 0 aliphatic carbocycles. The molecule has 28 heavy (non-hydrogen) atoms. The number of rotatable bonds is 6. The lowest BCUT2D eigenvalue weighted by molar-refractivity contribution is -0.117. The zero-order chi connectivity index (χ0) is 19.1. The molecule has 1 aromatic rings. The number of piperidine rings is 1. The van der Waals surface area contributed by atoms with E-state index in [1.54, 1.807) is 24.3 Å². The maximum Gasteiger partial charge on any atom is 0.251 e. The van der Waals surface area contributed by atoms with Crippen LogP contribution in [0.3, 0.4) is 0 Å². The van der Waals surface area contributed by atoms with Gasteiger partial charge in [-0.15, -0.1) is 12.4 Å². The Morgan fingerprint density at radius 1 is 1.11 bits per heavy atom. The molecule has 3 N–H and O–H groups in total. The molecule has 1 atom stereocenters. The molecule has 0 bridgehead atoms. The van der Waals surface area contributed by atoms with E-state index in [0.717, 1.165) is 44.5 Å². The van der Waals surface area contributed by atoms with E-state index in [4.69, 9.17) is 4.74 Å². The fourth-order valence-electron chi connectivity index (χ4n) is 3.90. The average Bonchev–Trinajstić information content (AvgIpc) is 2.70. The van der Waals surface area contributed by atoms with Gasteiger partial charge in [0.05, 0.1) is 0 Å². The summed E-state index contributed by atoms with van der Waals surface area (Å²) in [4.78, 5) is 24.7. The molecule has 2 fully saturated rings. The van der Waals surface area contributed by atoms with Gasteiger partial charge in [-0.1, -0.05) is 6.92 Å². The summed E-state index contributed by atoms with van der Waals surface area (Å²) in [5.41, 5.74) is 1.35. The van der Waals surface area contributed by atoms with Crippen LogP contribution in [0.5, 0.6) is 0 Å². The van der Waals surface area contributed by atoms with Gasteiger partial charge in [-0.05, 0) is 74.9 Å². The number of benzene rings is 1. The van der Waals surface area contributed by atoms with Gasteiger partial charge >= 0.3 is 0 Å². The van der Waals surface area contributed by atoms with Crippen molar-refractivity contribution in [1.82, 2.24) is 10.6 Å². The number of hydrogen-bond acceptors (Lipinski definition) is 4. The molecular formula is C21H32ClN3O3. The van der Waals surface area contributed by atoms with E-state index < -0.39 is 0 Å². The molecule has 0 saturated carbocycles. The van der Waals surface area contributed by atoms with Crippen LogP contribution in [0.4, 0.5) is 5.69 Å². The maximum absolute atomic E-state index is 12.3. The Kier molecular flexibility index (Phi) is 9.22. The van der Waals surface area contributed by atoms with Gasteiger partial charge < -0.3 is 20.7 Å². The molecule has 2 heterocycles. The second kappa shape index (κ2) is 11.4. The van der Waals surface area contributed by atoms with Crippen molar-refractivity contribution in [1.29, 1.82) is 0 Å². The summed E-state index contributed by atoms with van der Waals surface area (Å²) >= 11 is 0. The summed E-state index contributed by atoms with van der Waals surface area (Å²) in [5.74, 6) is 0.977. The minimum absolute atomic E-state index is 0. The van der Waals surface area contributed by atoms with Crippen molar-refractivity contribution in [2.24, 2.45) is 11.8 Å². The highest BCUT2D eigenvalue weighted by atomic mass is 35.5. The van der Waals surface area contributed by atoms with Crippen molar-refractivity contribution in [3.8, 4) is 0 Å². The standard InChI is InChI=1S/C21H31N3O3.ClH/c1-15(16-6-10-22-11-7-16)14-20(25)23-18-4-2-17(3-5-18)21(26)24-19-8-12-27-13-9-19;/h2-5,15-16,19,22H,6-14H2,1H3,(H,23,25)(H,24,26);1H. The summed E-state index contributed by atoms with van der Waals surface area (Å²) in [6, 6.07) is 7.31. The highest BCUT2D eigenvalue weighted by Gasteiger charge is 2.22. The van der Waals surface area contributed by atoms with Crippen molar-refractivity contribution < 1.29 is 14.3 Å². The zero-order valence-electron chi connectivity index (χ0n) is 16.5. The minimum Gasteiger partial charge on any atom is -0.381 e. The molecule has 1 aromatic carbocycles. The topological polar surface area (TPSA) is 79.5 Å². The van der Waals surface area contributed by atoms with Crippen LogP contribution < -0.4 is 16.0 Å². The van der Waals surface area contributed by atoms with Crippen molar-refractivity contribution in [2.45, 2.75) is 45.1 Å². The molecule has 0 radical (unpaired) electrons. The molecule has 0 aromatic heterocycles. The first-order valence-electron chi connectivity index (χ1n) is 10.1. The Labute approximate surface area is 173 Å². The molecule has 2 aliphatic rings. The van der Waals surface area contributed by atoms with Crippen LogP contribution in [0.2, 0.25) is 0 Å². The Bertz CT molecular complexity index is 626. The zero-order valence-corrected chi connectivity index (χ0v) is 17.4. The van der Waals surface area contributed by atoms with E-state index >= 15 is 0 Å². The van der Waals surface area contributed by atoms with Gasteiger partial charge in [0.1, 0.15) is 0 Å². The molecule has 2 saturated heterocycles. The third kappa shape index (κ3) is 6.76. The van der Waals surface area contributed by atoms with Gasteiger partial charge in [0.2, 0.25) is 5.91 Å². The Balaban J connectivity index is 0.00000280. The van der Waals surface area contributed by atoms with Gasteiger partial charge in [0.15, 0.2) is 0 Å². The molecule has 1 unspecified atom stereocenters. The second-order valence-corrected chi connectivity index (χ2v) is 7.75. The van der Waals surface area contributed by atoms with Gasteiger partial charge in [-0.3, -0.25) is 9.59 Å². The monoisotopic (exact) mass is 409 g/mol. The SMILES string of the molecule is CC(CC(=O)Nc1ccc(C(=O)NC2CCOCC2)cc1)C1CCNCC1.Cl. The summed E-state index contributed by atoms with van der Waals surface area (Å²) in [6.45, 7) is 5.67. The van der Waals surface area contributed by atoms with E-state index in [9.17, 15) is 9.59 Å². The van der Waals surface area contributed by atoms with Gasteiger partial charge in [0.25, 0.3) is 5.91 Å². The lowest BCUT2D eigenvalue weighted by Crippen LogP contribution is -2.38. The van der Waals surface area contributed by atoms with E-state index in [-0.39, 0.29) is 30.3 Å². The number of halogens is 1. The first-order valence-corrected chi connectivity index (χ1v) is 10.1. The summed E-state index contributed by atoms with van der Waals surface area (Å²) in [7, 11) is 0. The number of amides is 2. The number of carbonyl (C=O) groups is 2. The third-order valence-electron chi connectivity index (χ3n) is 5.68. The highest BCUT2D eigenvalue weighted by molar-refractivity contribution is 5.96. The number of carbonyl (C=O) groups excluding carboxylic acids is 2. The van der Waals surface area contributed by atoms with Gasteiger partial charge in [0, 0.05) is 36.9 Å². The quantitative estimate of drug-likeness (QED) is 0.674. The number of ether oxygens (including phenoxy) is 1. The molecule has 2 amide bonds. The van der Waals surface area contributed by atoms with E-state index in [1.165, 1.54) is 0 Å². The third-order valence-corrected chi connectivity index (χ3v) is 5.68. The van der Waals surface area contributed by atoms with Crippen molar-refractivity contribution in [2.75, 3.05) is 31.6 Å². The lowest BCUT2D eigenvalue weighted by atomic mass is 9.84. The van der Waals surface area contributed by atoms with Gasteiger partial charge in [-0.25, -0.2) is 0 Å². The first-order chi connectivity index (χ1) is 13.1. The molecule has 0 spiro atoms. The fraction of sp³-hybridized carbons (Fsp3) is 0.619. The average molecular weight is 410 g/mol. The lowest BCUT2D eigenvalue weighted by Gasteiger charge is -2.27. The first kappa shape index (κ1) is 22.7. The van der Waals surface area contributed by atoms with Crippen molar-refractivity contribution >= 4 is 29.9 Å². The Morgan fingerprint density at radius 3 is 2.39 bits per heavy atom. The Hall–Kier alpha value is -1.63.